The van der Waals surface area contributed by atoms with Crippen molar-refractivity contribution in [1.29, 1.82) is 0 Å². The minimum atomic E-state index is -0.110. The maximum absolute atomic E-state index is 13.4. The van der Waals surface area contributed by atoms with Crippen molar-refractivity contribution < 1.29 is 4.79 Å². The predicted octanol–water partition coefficient (Wildman–Crippen LogP) is 3.77. The first-order chi connectivity index (χ1) is 15.5. The number of hydrogen-bond acceptors (Lipinski definition) is 5. The average Bonchev–Trinajstić information content (AvgIpc) is 2.83. The van der Waals surface area contributed by atoms with E-state index in [2.05, 4.69) is 37.9 Å². The minimum Gasteiger partial charge on any atom is -0.339 e. The first-order valence-corrected chi connectivity index (χ1v) is 12.2. The monoisotopic (exact) mass is 450 g/mol. The van der Waals surface area contributed by atoms with E-state index in [0.29, 0.717) is 22.0 Å². The molecule has 0 radical (unpaired) electrons. The second-order valence-electron chi connectivity index (χ2n) is 8.43. The first-order valence-electron chi connectivity index (χ1n) is 11.2. The molecule has 0 bridgehead atoms. The fraction of sp³-hybridized carbons (Fsp3) is 0.400. The van der Waals surface area contributed by atoms with Gasteiger partial charge in [0.15, 0.2) is 5.16 Å². The standard InChI is InChI=1S/C25H30N4O2S/c1-4-18(2)19-9-11-20(12-10-19)29-24(31)21-7-5-6-8-22(21)26-25(29)32-17-23(30)28-15-13-27(3)14-16-28/h5-12,18H,4,13-17H2,1-3H3. The number of likely N-dealkylation sites (N-methyl/N-ethyl adjacent to an activating group) is 1. The van der Waals surface area contributed by atoms with Crippen molar-refractivity contribution >= 4 is 28.6 Å². The van der Waals surface area contributed by atoms with E-state index in [-0.39, 0.29) is 17.2 Å². The zero-order valence-corrected chi connectivity index (χ0v) is 19.8. The van der Waals surface area contributed by atoms with Gasteiger partial charge in [0, 0.05) is 26.2 Å². The third-order valence-electron chi connectivity index (χ3n) is 6.26. The van der Waals surface area contributed by atoms with Crippen LogP contribution in [0.25, 0.3) is 16.6 Å². The molecular weight excluding hydrogens is 420 g/mol. The van der Waals surface area contributed by atoms with Gasteiger partial charge >= 0.3 is 0 Å². The van der Waals surface area contributed by atoms with Crippen LogP contribution in [-0.2, 0) is 4.79 Å². The van der Waals surface area contributed by atoms with Gasteiger partial charge in [0.1, 0.15) is 0 Å². The zero-order chi connectivity index (χ0) is 22.7. The molecule has 2 aromatic carbocycles. The van der Waals surface area contributed by atoms with Gasteiger partial charge in [-0.2, -0.15) is 0 Å². The van der Waals surface area contributed by atoms with E-state index in [1.54, 1.807) is 10.6 Å². The summed E-state index contributed by atoms with van der Waals surface area (Å²) in [6, 6.07) is 15.5. The number of amides is 1. The number of rotatable bonds is 6. The van der Waals surface area contributed by atoms with Crippen LogP contribution < -0.4 is 5.56 Å². The van der Waals surface area contributed by atoms with Crippen LogP contribution >= 0.6 is 11.8 Å². The Morgan fingerprint density at radius 3 is 2.44 bits per heavy atom. The third-order valence-corrected chi connectivity index (χ3v) is 7.18. The molecule has 0 N–H and O–H groups in total. The summed E-state index contributed by atoms with van der Waals surface area (Å²) in [6.07, 6.45) is 1.06. The Labute approximate surface area is 193 Å². The summed E-state index contributed by atoms with van der Waals surface area (Å²) in [5.41, 5.74) is 2.56. The van der Waals surface area contributed by atoms with E-state index < -0.39 is 0 Å². The van der Waals surface area contributed by atoms with Crippen LogP contribution in [0.4, 0.5) is 0 Å². The number of aromatic nitrogens is 2. The van der Waals surface area contributed by atoms with Crippen molar-refractivity contribution in [3.63, 3.8) is 0 Å². The Morgan fingerprint density at radius 1 is 1.06 bits per heavy atom. The molecule has 1 aliphatic heterocycles. The number of thioether (sulfide) groups is 1. The molecule has 1 aliphatic rings. The molecule has 1 aromatic heterocycles. The molecule has 7 heteroatoms. The number of para-hydroxylation sites is 1. The Balaban J connectivity index is 1.66. The van der Waals surface area contributed by atoms with Crippen LogP contribution in [0.15, 0.2) is 58.5 Å². The Kier molecular flexibility index (Phi) is 6.96. The van der Waals surface area contributed by atoms with Crippen molar-refractivity contribution in [1.82, 2.24) is 19.4 Å². The molecular formula is C25H30N4O2S. The smallest absolute Gasteiger partial charge is 0.266 e. The number of carbonyl (C=O) groups excluding carboxylic acids is 1. The van der Waals surface area contributed by atoms with Gasteiger partial charge in [-0.25, -0.2) is 4.98 Å². The van der Waals surface area contributed by atoms with Gasteiger partial charge in [0.2, 0.25) is 5.91 Å². The predicted molar refractivity (Wildman–Crippen MR) is 131 cm³/mol. The molecule has 3 aromatic rings. The summed E-state index contributed by atoms with van der Waals surface area (Å²) < 4.78 is 1.64. The largest absolute Gasteiger partial charge is 0.339 e. The summed E-state index contributed by atoms with van der Waals surface area (Å²) in [4.78, 5) is 35.1. The van der Waals surface area contributed by atoms with Gasteiger partial charge in [0.25, 0.3) is 5.56 Å². The highest BCUT2D eigenvalue weighted by molar-refractivity contribution is 7.99. The number of carbonyl (C=O) groups is 1. The van der Waals surface area contributed by atoms with Gasteiger partial charge in [-0.15, -0.1) is 0 Å². The van der Waals surface area contributed by atoms with Crippen LogP contribution in [0.2, 0.25) is 0 Å². The molecule has 1 unspecified atom stereocenters. The molecule has 1 atom stereocenters. The number of fused-ring (bicyclic) bond motifs is 1. The molecule has 2 heterocycles. The zero-order valence-electron chi connectivity index (χ0n) is 19.0. The third kappa shape index (κ3) is 4.74. The van der Waals surface area contributed by atoms with E-state index in [1.807, 2.05) is 35.2 Å². The highest BCUT2D eigenvalue weighted by atomic mass is 32.2. The Hall–Kier alpha value is -2.64. The van der Waals surface area contributed by atoms with E-state index in [1.165, 1.54) is 17.3 Å². The van der Waals surface area contributed by atoms with E-state index in [4.69, 9.17) is 4.98 Å². The van der Waals surface area contributed by atoms with Gasteiger partial charge < -0.3 is 9.80 Å². The molecule has 0 aliphatic carbocycles. The first kappa shape index (κ1) is 22.6. The fourth-order valence-corrected chi connectivity index (χ4v) is 4.81. The van der Waals surface area contributed by atoms with Crippen molar-refractivity contribution in [2.24, 2.45) is 0 Å². The highest BCUT2D eigenvalue weighted by Gasteiger charge is 2.21. The topological polar surface area (TPSA) is 58.4 Å². The van der Waals surface area contributed by atoms with E-state index in [0.717, 1.165) is 38.3 Å². The maximum atomic E-state index is 13.4. The van der Waals surface area contributed by atoms with Gasteiger partial charge in [-0.05, 0) is 49.2 Å². The van der Waals surface area contributed by atoms with Crippen molar-refractivity contribution in [2.75, 3.05) is 39.0 Å². The van der Waals surface area contributed by atoms with Crippen LogP contribution in [0, 0.1) is 0 Å². The van der Waals surface area contributed by atoms with Crippen molar-refractivity contribution in [3.05, 3.63) is 64.4 Å². The summed E-state index contributed by atoms with van der Waals surface area (Å²) >= 11 is 1.34. The molecule has 1 amide bonds. The van der Waals surface area contributed by atoms with Gasteiger partial charge in [-0.1, -0.05) is 49.9 Å². The lowest BCUT2D eigenvalue weighted by Crippen LogP contribution is -2.47. The van der Waals surface area contributed by atoms with Crippen LogP contribution in [0.3, 0.4) is 0 Å². The van der Waals surface area contributed by atoms with E-state index >= 15 is 0 Å². The van der Waals surface area contributed by atoms with E-state index in [9.17, 15) is 9.59 Å². The Bertz CT molecular complexity index is 1150. The molecule has 0 spiro atoms. The quantitative estimate of drug-likeness (QED) is 0.423. The van der Waals surface area contributed by atoms with Gasteiger partial charge in [-0.3, -0.25) is 14.2 Å². The maximum Gasteiger partial charge on any atom is 0.266 e. The summed E-state index contributed by atoms with van der Waals surface area (Å²) in [5, 5.41) is 1.13. The Morgan fingerprint density at radius 2 is 1.75 bits per heavy atom. The summed E-state index contributed by atoms with van der Waals surface area (Å²) in [5.74, 6) is 0.814. The van der Waals surface area contributed by atoms with Gasteiger partial charge in [0.05, 0.1) is 22.3 Å². The SMILES string of the molecule is CCC(C)c1ccc(-n2c(SCC(=O)N3CCN(C)CC3)nc3ccccc3c2=O)cc1. The molecule has 4 rings (SSSR count). The minimum absolute atomic E-state index is 0.0872. The molecule has 1 fully saturated rings. The number of hydrogen-bond donors (Lipinski definition) is 0. The summed E-state index contributed by atoms with van der Waals surface area (Å²) in [7, 11) is 2.07. The average molecular weight is 451 g/mol. The molecule has 32 heavy (non-hydrogen) atoms. The lowest BCUT2D eigenvalue weighted by molar-refractivity contribution is -0.129. The second-order valence-corrected chi connectivity index (χ2v) is 9.37. The number of piperazine rings is 1. The molecule has 6 nitrogen and oxygen atoms in total. The molecule has 0 saturated carbocycles. The number of benzene rings is 2. The highest BCUT2D eigenvalue weighted by Crippen LogP contribution is 2.24. The van der Waals surface area contributed by atoms with Crippen molar-refractivity contribution in [2.45, 2.75) is 31.3 Å². The van der Waals surface area contributed by atoms with Crippen molar-refractivity contribution in [3.8, 4) is 5.69 Å². The molecule has 168 valence electrons. The van der Waals surface area contributed by atoms with Crippen LogP contribution in [-0.4, -0.2) is 64.2 Å². The number of nitrogens with zero attached hydrogens (tertiary/aromatic N) is 4. The second kappa shape index (κ2) is 9.88. The van der Waals surface area contributed by atoms with Crippen LogP contribution in [0.5, 0.6) is 0 Å². The lowest BCUT2D eigenvalue weighted by atomic mass is 9.98. The fourth-order valence-electron chi connectivity index (χ4n) is 3.90. The lowest BCUT2D eigenvalue weighted by Gasteiger charge is -2.32. The van der Waals surface area contributed by atoms with Crippen LogP contribution in [0.1, 0.15) is 31.7 Å². The summed E-state index contributed by atoms with van der Waals surface area (Å²) in [6.45, 7) is 7.62. The normalized spacial score (nSPS) is 15.8. The molecule has 1 saturated heterocycles.